The number of benzene rings is 1. The maximum atomic E-state index is 6.49. The summed E-state index contributed by atoms with van der Waals surface area (Å²) in [5.41, 5.74) is 7.86. The fourth-order valence-electron chi connectivity index (χ4n) is 3.00. The highest BCUT2D eigenvalue weighted by atomic mass is 32.1. The van der Waals surface area contributed by atoms with Crippen molar-refractivity contribution in [2.75, 3.05) is 0 Å². The van der Waals surface area contributed by atoms with E-state index in [2.05, 4.69) is 29.6 Å². The Labute approximate surface area is 107 Å². The van der Waals surface area contributed by atoms with Gasteiger partial charge in [0.25, 0.3) is 0 Å². The maximum Gasteiger partial charge on any atom is 0.0346 e. The predicted octanol–water partition coefficient (Wildman–Crippen LogP) is 4.48. The minimum atomic E-state index is 0.242. The lowest BCUT2D eigenvalue weighted by atomic mass is 9.81. The molecule has 0 unspecified atom stereocenters. The van der Waals surface area contributed by atoms with E-state index in [9.17, 15) is 0 Å². The number of nitrogens with two attached hydrogens (primary N) is 1. The fraction of sp³-hybridized carbons (Fsp3) is 0.467. The van der Waals surface area contributed by atoms with Gasteiger partial charge < -0.3 is 5.73 Å². The summed E-state index contributed by atoms with van der Waals surface area (Å²) in [7, 11) is 0. The molecule has 0 saturated heterocycles. The third kappa shape index (κ3) is 2.12. The van der Waals surface area contributed by atoms with Crippen molar-refractivity contribution in [2.24, 2.45) is 11.7 Å². The van der Waals surface area contributed by atoms with Crippen LogP contribution in [0.3, 0.4) is 0 Å². The summed E-state index contributed by atoms with van der Waals surface area (Å²) in [6, 6.07) is 8.87. The first kappa shape index (κ1) is 11.2. The van der Waals surface area contributed by atoms with Crippen molar-refractivity contribution in [3.8, 4) is 0 Å². The van der Waals surface area contributed by atoms with Gasteiger partial charge in [-0.05, 0) is 41.2 Å². The van der Waals surface area contributed by atoms with Gasteiger partial charge in [0, 0.05) is 10.7 Å². The van der Waals surface area contributed by atoms with E-state index in [1.54, 1.807) is 0 Å². The summed E-state index contributed by atoms with van der Waals surface area (Å²) in [4.78, 5) is 0. The third-order valence-electron chi connectivity index (χ3n) is 4.03. The summed E-state index contributed by atoms with van der Waals surface area (Å²) in [5, 5.41) is 3.64. The molecule has 17 heavy (non-hydrogen) atoms. The zero-order chi connectivity index (χ0) is 11.7. The molecule has 2 N–H and O–H groups in total. The van der Waals surface area contributed by atoms with Gasteiger partial charge in [-0.3, -0.25) is 0 Å². The maximum absolute atomic E-state index is 6.49. The molecule has 2 heteroatoms. The van der Waals surface area contributed by atoms with Gasteiger partial charge >= 0.3 is 0 Å². The van der Waals surface area contributed by atoms with Crippen molar-refractivity contribution in [1.82, 2.24) is 0 Å². The number of hydrogen-bond donors (Lipinski definition) is 1. The molecular weight excluding hydrogens is 226 g/mol. The summed E-state index contributed by atoms with van der Waals surface area (Å²) < 4.78 is 1.37. The highest BCUT2D eigenvalue weighted by Gasteiger charge is 2.23. The molecule has 2 aromatic rings. The Hall–Kier alpha value is -0.860. The van der Waals surface area contributed by atoms with Crippen LogP contribution in [0.15, 0.2) is 29.6 Å². The molecule has 1 aromatic heterocycles. The highest BCUT2D eigenvalue weighted by Crippen LogP contribution is 2.37. The Morgan fingerprint density at radius 1 is 1.12 bits per heavy atom. The Balaban J connectivity index is 1.92. The summed E-state index contributed by atoms with van der Waals surface area (Å²) in [6.45, 7) is 0. The molecule has 1 saturated carbocycles. The second-order valence-electron chi connectivity index (χ2n) is 5.11. The quantitative estimate of drug-likeness (QED) is 0.829. The number of rotatable bonds is 2. The van der Waals surface area contributed by atoms with Gasteiger partial charge in [-0.25, -0.2) is 0 Å². The van der Waals surface area contributed by atoms with Gasteiger partial charge in [0.05, 0.1) is 0 Å². The van der Waals surface area contributed by atoms with Crippen LogP contribution in [0.1, 0.15) is 43.7 Å². The molecule has 0 amide bonds. The van der Waals surface area contributed by atoms with Crippen LogP contribution in [0.5, 0.6) is 0 Å². The molecule has 3 rings (SSSR count). The first-order valence-electron chi connectivity index (χ1n) is 6.58. The van der Waals surface area contributed by atoms with E-state index in [1.165, 1.54) is 47.8 Å². The highest BCUT2D eigenvalue weighted by molar-refractivity contribution is 7.17. The van der Waals surface area contributed by atoms with Crippen LogP contribution in [0, 0.1) is 5.92 Å². The molecule has 90 valence electrons. The average molecular weight is 245 g/mol. The lowest BCUT2D eigenvalue weighted by Crippen LogP contribution is -2.23. The smallest absolute Gasteiger partial charge is 0.0346 e. The second kappa shape index (κ2) is 4.79. The fourth-order valence-corrected chi connectivity index (χ4v) is 4.01. The van der Waals surface area contributed by atoms with E-state index >= 15 is 0 Å². The summed E-state index contributed by atoms with van der Waals surface area (Å²) >= 11 is 1.83. The Bertz CT molecular complexity index is 496. The second-order valence-corrected chi connectivity index (χ2v) is 6.02. The summed E-state index contributed by atoms with van der Waals surface area (Å²) in [5.74, 6) is 0.696. The Kier molecular flexibility index (Phi) is 3.17. The molecule has 0 radical (unpaired) electrons. The van der Waals surface area contributed by atoms with Crippen molar-refractivity contribution in [2.45, 2.75) is 38.1 Å². The van der Waals surface area contributed by atoms with Crippen molar-refractivity contribution in [1.29, 1.82) is 0 Å². The van der Waals surface area contributed by atoms with E-state index in [4.69, 9.17) is 5.73 Å². The molecule has 0 spiro atoms. The molecule has 1 aromatic carbocycles. The molecule has 1 fully saturated rings. The molecule has 1 aliphatic rings. The van der Waals surface area contributed by atoms with Gasteiger partial charge in [-0.1, -0.05) is 37.5 Å². The van der Waals surface area contributed by atoms with Crippen LogP contribution in [-0.4, -0.2) is 0 Å². The van der Waals surface area contributed by atoms with Crippen molar-refractivity contribution in [3.05, 3.63) is 35.2 Å². The van der Waals surface area contributed by atoms with Gasteiger partial charge in [0.15, 0.2) is 0 Å². The topological polar surface area (TPSA) is 26.0 Å². The van der Waals surface area contributed by atoms with Crippen molar-refractivity contribution in [3.63, 3.8) is 0 Å². The van der Waals surface area contributed by atoms with Crippen LogP contribution in [0.4, 0.5) is 0 Å². The van der Waals surface area contributed by atoms with E-state index < -0.39 is 0 Å². The number of thiophene rings is 1. The summed E-state index contributed by atoms with van der Waals surface area (Å²) in [6.07, 6.45) is 6.74. The first-order chi connectivity index (χ1) is 8.36. The minimum Gasteiger partial charge on any atom is -0.324 e. The van der Waals surface area contributed by atoms with Crippen LogP contribution >= 0.6 is 11.3 Å². The number of hydrogen-bond acceptors (Lipinski definition) is 2. The van der Waals surface area contributed by atoms with Gasteiger partial charge in [-0.15, -0.1) is 11.3 Å². The molecule has 0 bridgehead atoms. The molecule has 1 atom stereocenters. The van der Waals surface area contributed by atoms with Crippen LogP contribution in [0.2, 0.25) is 0 Å². The van der Waals surface area contributed by atoms with Gasteiger partial charge in [-0.2, -0.15) is 0 Å². The molecule has 1 nitrogen and oxygen atoms in total. The van der Waals surface area contributed by atoms with E-state index in [1.807, 2.05) is 11.3 Å². The van der Waals surface area contributed by atoms with Gasteiger partial charge in [0.2, 0.25) is 0 Å². The average Bonchev–Trinajstić information content (AvgIpc) is 2.83. The Morgan fingerprint density at radius 2 is 1.88 bits per heavy atom. The van der Waals surface area contributed by atoms with E-state index in [0.717, 1.165) is 0 Å². The van der Waals surface area contributed by atoms with Crippen LogP contribution < -0.4 is 5.73 Å². The number of fused-ring (bicyclic) bond motifs is 1. The lowest BCUT2D eigenvalue weighted by molar-refractivity contribution is 0.309. The lowest BCUT2D eigenvalue weighted by Gasteiger charge is -2.27. The molecule has 1 heterocycles. The SMILES string of the molecule is N[C@H](c1csc2ccccc12)C1CCCCC1. The largest absolute Gasteiger partial charge is 0.324 e. The third-order valence-corrected chi connectivity index (χ3v) is 5.01. The van der Waals surface area contributed by atoms with Crippen molar-refractivity contribution >= 4 is 21.4 Å². The molecule has 1 aliphatic carbocycles. The zero-order valence-corrected chi connectivity index (χ0v) is 10.9. The van der Waals surface area contributed by atoms with Gasteiger partial charge in [0.1, 0.15) is 0 Å². The Morgan fingerprint density at radius 3 is 2.71 bits per heavy atom. The van der Waals surface area contributed by atoms with E-state index in [-0.39, 0.29) is 6.04 Å². The standard InChI is InChI=1S/C15H19NS/c16-15(11-6-2-1-3-7-11)13-10-17-14-9-5-4-8-12(13)14/h4-5,8-11,15H,1-3,6-7,16H2/t15-/m0/s1. The zero-order valence-electron chi connectivity index (χ0n) is 10.1. The predicted molar refractivity (Wildman–Crippen MR) is 75.3 cm³/mol. The van der Waals surface area contributed by atoms with Crippen LogP contribution in [-0.2, 0) is 0 Å². The normalized spacial score (nSPS) is 19.6. The van der Waals surface area contributed by atoms with E-state index in [0.29, 0.717) is 5.92 Å². The monoisotopic (exact) mass is 245 g/mol. The van der Waals surface area contributed by atoms with Crippen LogP contribution in [0.25, 0.3) is 10.1 Å². The van der Waals surface area contributed by atoms with Crippen molar-refractivity contribution < 1.29 is 0 Å². The minimum absolute atomic E-state index is 0.242. The molecular formula is C15H19NS. The first-order valence-corrected chi connectivity index (χ1v) is 7.46. The molecule has 0 aliphatic heterocycles.